The second kappa shape index (κ2) is 8.03. The summed E-state index contributed by atoms with van der Waals surface area (Å²) in [5, 5.41) is 3.50. The molecule has 2 saturated heterocycles. The highest BCUT2D eigenvalue weighted by atomic mass is 35.5. The molecule has 2 bridgehead atoms. The monoisotopic (exact) mass is 358 g/mol. The van der Waals surface area contributed by atoms with E-state index in [1.165, 1.54) is 0 Å². The third-order valence-electron chi connectivity index (χ3n) is 4.67. The van der Waals surface area contributed by atoms with E-state index in [1.807, 2.05) is 0 Å². The highest BCUT2D eigenvalue weighted by Gasteiger charge is 2.31. The van der Waals surface area contributed by atoms with Crippen molar-refractivity contribution in [3.05, 3.63) is 35.4 Å². The van der Waals surface area contributed by atoms with E-state index in [4.69, 9.17) is 0 Å². The highest BCUT2D eigenvalue weighted by molar-refractivity contribution is 5.98. The summed E-state index contributed by atoms with van der Waals surface area (Å²) in [6.07, 6.45) is 3.18. The minimum absolute atomic E-state index is 0. The SMILES string of the molecule is Cl.O=C(CCC(=O)N1CCC2CCC(C1)N2)c1ccc(F)cc1F. The maximum atomic E-state index is 13.6. The number of benzene rings is 1. The fourth-order valence-electron chi connectivity index (χ4n) is 3.40. The number of Topliss-reactive ketones (excluding diaryl/α,β-unsaturated/α-hetero) is 1. The van der Waals surface area contributed by atoms with Gasteiger partial charge in [-0.2, -0.15) is 0 Å². The standard InChI is InChI=1S/C17H20F2N2O2.ClH/c18-11-1-4-14(15(19)9-11)16(22)5-6-17(23)21-8-7-12-2-3-13(10-21)20-12;/h1,4,9,12-13,20H,2-3,5-8,10H2;1H. The van der Waals surface area contributed by atoms with Gasteiger partial charge in [0.25, 0.3) is 0 Å². The molecule has 4 nitrogen and oxygen atoms in total. The summed E-state index contributed by atoms with van der Waals surface area (Å²) >= 11 is 0. The van der Waals surface area contributed by atoms with Gasteiger partial charge in [-0.1, -0.05) is 0 Å². The van der Waals surface area contributed by atoms with E-state index in [1.54, 1.807) is 4.90 Å². The van der Waals surface area contributed by atoms with Crippen molar-refractivity contribution in [2.24, 2.45) is 0 Å². The molecule has 1 aromatic carbocycles. The van der Waals surface area contributed by atoms with Crippen LogP contribution in [0, 0.1) is 11.6 Å². The van der Waals surface area contributed by atoms with Gasteiger partial charge in [0.15, 0.2) is 5.78 Å². The zero-order chi connectivity index (χ0) is 16.4. The quantitative estimate of drug-likeness (QED) is 0.842. The Kier molecular flexibility index (Phi) is 6.29. The number of amides is 1. The number of ketones is 1. The fourth-order valence-corrected chi connectivity index (χ4v) is 3.40. The Hall–Kier alpha value is -1.53. The molecule has 1 aromatic rings. The molecule has 1 N–H and O–H groups in total. The van der Waals surface area contributed by atoms with E-state index in [2.05, 4.69) is 5.32 Å². The van der Waals surface area contributed by atoms with Gasteiger partial charge in [0.05, 0.1) is 5.56 Å². The van der Waals surface area contributed by atoms with Crippen molar-refractivity contribution in [2.75, 3.05) is 13.1 Å². The van der Waals surface area contributed by atoms with Crippen LogP contribution in [-0.2, 0) is 4.79 Å². The van der Waals surface area contributed by atoms with Crippen LogP contribution in [0.15, 0.2) is 18.2 Å². The zero-order valence-electron chi connectivity index (χ0n) is 13.3. The van der Waals surface area contributed by atoms with Gasteiger partial charge in [0.2, 0.25) is 5.91 Å². The molecule has 0 aliphatic carbocycles. The van der Waals surface area contributed by atoms with E-state index in [9.17, 15) is 18.4 Å². The fraction of sp³-hybridized carbons (Fsp3) is 0.529. The van der Waals surface area contributed by atoms with Crippen molar-refractivity contribution in [3.8, 4) is 0 Å². The zero-order valence-corrected chi connectivity index (χ0v) is 14.1. The number of nitrogens with one attached hydrogen (secondary N) is 1. The average Bonchev–Trinajstić information content (AvgIpc) is 2.83. The first-order chi connectivity index (χ1) is 11.0. The summed E-state index contributed by atoms with van der Waals surface area (Å²) in [5.41, 5.74) is -0.157. The summed E-state index contributed by atoms with van der Waals surface area (Å²) in [4.78, 5) is 26.1. The Bertz CT molecular complexity index is 627. The van der Waals surface area contributed by atoms with Crippen LogP contribution in [0.25, 0.3) is 0 Å². The number of hydrogen-bond acceptors (Lipinski definition) is 3. The summed E-state index contributed by atoms with van der Waals surface area (Å²) in [7, 11) is 0. The van der Waals surface area contributed by atoms with Crippen LogP contribution in [0.4, 0.5) is 8.78 Å². The lowest BCUT2D eigenvalue weighted by molar-refractivity contribution is -0.131. The van der Waals surface area contributed by atoms with Crippen LogP contribution in [0.1, 0.15) is 42.5 Å². The number of carbonyl (C=O) groups is 2. The third-order valence-corrected chi connectivity index (χ3v) is 4.67. The second-order valence-corrected chi connectivity index (χ2v) is 6.31. The topological polar surface area (TPSA) is 49.4 Å². The van der Waals surface area contributed by atoms with Crippen molar-refractivity contribution in [1.29, 1.82) is 0 Å². The number of halogens is 3. The lowest BCUT2D eigenvalue weighted by Crippen LogP contribution is -2.39. The Labute approximate surface area is 146 Å². The maximum Gasteiger partial charge on any atom is 0.223 e. The summed E-state index contributed by atoms with van der Waals surface area (Å²) in [6.45, 7) is 1.38. The van der Waals surface area contributed by atoms with Gasteiger partial charge in [-0.3, -0.25) is 9.59 Å². The van der Waals surface area contributed by atoms with Gasteiger partial charge in [-0.15, -0.1) is 12.4 Å². The van der Waals surface area contributed by atoms with Crippen LogP contribution in [0.3, 0.4) is 0 Å². The maximum absolute atomic E-state index is 13.6. The number of fused-ring (bicyclic) bond motifs is 2. The van der Waals surface area contributed by atoms with E-state index >= 15 is 0 Å². The smallest absolute Gasteiger partial charge is 0.223 e. The van der Waals surface area contributed by atoms with Crippen molar-refractivity contribution in [1.82, 2.24) is 10.2 Å². The van der Waals surface area contributed by atoms with Crippen LogP contribution in [0.2, 0.25) is 0 Å². The Morgan fingerprint density at radius 2 is 1.88 bits per heavy atom. The third kappa shape index (κ3) is 4.30. The van der Waals surface area contributed by atoms with Crippen molar-refractivity contribution in [3.63, 3.8) is 0 Å². The molecule has 2 heterocycles. The van der Waals surface area contributed by atoms with Gasteiger partial charge in [-0.05, 0) is 31.4 Å². The van der Waals surface area contributed by atoms with E-state index in [-0.39, 0.29) is 36.7 Å². The van der Waals surface area contributed by atoms with E-state index < -0.39 is 17.4 Å². The van der Waals surface area contributed by atoms with Gasteiger partial charge >= 0.3 is 0 Å². The molecule has 0 radical (unpaired) electrons. The summed E-state index contributed by atoms with van der Waals surface area (Å²) < 4.78 is 26.4. The lowest BCUT2D eigenvalue weighted by atomic mass is 10.0. The predicted octanol–water partition coefficient (Wildman–Crippen LogP) is 2.70. The molecule has 7 heteroatoms. The summed E-state index contributed by atoms with van der Waals surface area (Å²) in [5.74, 6) is -2.14. The Balaban J connectivity index is 0.00000208. The Morgan fingerprint density at radius 3 is 2.62 bits per heavy atom. The molecule has 2 aliphatic heterocycles. The molecule has 0 saturated carbocycles. The first-order valence-corrected chi connectivity index (χ1v) is 8.05. The predicted molar refractivity (Wildman–Crippen MR) is 88.3 cm³/mol. The van der Waals surface area contributed by atoms with Gasteiger partial charge in [-0.25, -0.2) is 8.78 Å². The molecule has 3 rings (SSSR count). The normalized spacial score (nSPS) is 22.7. The van der Waals surface area contributed by atoms with Crippen LogP contribution >= 0.6 is 12.4 Å². The molecule has 2 aliphatic rings. The first-order valence-electron chi connectivity index (χ1n) is 8.05. The molecule has 2 atom stereocenters. The van der Waals surface area contributed by atoms with Gasteiger partial charge in [0, 0.05) is 44.1 Å². The highest BCUT2D eigenvalue weighted by Crippen LogP contribution is 2.21. The lowest BCUT2D eigenvalue weighted by Gasteiger charge is -2.24. The minimum atomic E-state index is -0.876. The van der Waals surface area contributed by atoms with Crippen molar-refractivity contribution < 1.29 is 18.4 Å². The molecule has 132 valence electrons. The number of hydrogen-bond donors (Lipinski definition) is 1. The molecular weight excluding hydrogens is 338 g/mol. The van der Waals surface area contributed by atoms with E-state index in [0.717, 1.165) is 31.4 Å². The molecule has 1 amide bonds. The van der Waals surface area contributed by atoms with Crippen molar-refractivity contribution >= 4 is 24.1 Å². The second-order valence-electron chi connectivity index (χ2n) is 6.31. The Morgan fingerprint density at radius 1 is 1.12 bits per heavy atom. The van der Waals surface area contributed by atoms with Crippen molar-refractivity contribution in [2.45, 2.75) is 44.2 Å². The average molecular weight is 359 g/mol. The largest absolute Gasteiger partial charge is 0.341 e. The van der Waals surface area contributed by atoms with Gasteiger partial charge < -0.3 is 10.2 Å². The molecule has 2 fully saturated rings. The van der Waals surface area contributed by atoms with E-state index in [0.29, 0.717) is 31.2 Å². The molecule has 0 spiro atoms. The number of carbonyl (C=O) groups excluding carboxylic acids is 2. The van der Waals surface area contributed by atoms with Crippen LogP contribution < -0.4 is 5.32 Å². The molecule has 2 unspecified atom stereocenters. The van der Waals surface area contributed by atoms with Crippen LogP contribution in [-0.4, -0.2) is 41.8 Å². The summed E-state index contributed by atoms with van der Waals surface area (Å²) in [6, 6.07) is 3.71. The molecule has 24 heavy (non-hydrogen) atoms. The van der Waals surface area contributed by atoms with Crippen LogP contribution in [0.5, 0.6) is 0 Å². The molecule has 0 aromatic heterocycles. The number of likely N-dealkylation sites (tertiary alicyclic amines) is 1. The number of rotatable bonds is 4. The minimum Gasteiger partial charge on any atom is -0.341 e. The molecular formula is C17H21ClF2N2O2. The first kappa shape index (κ1) is 18.8. The van der Waals surface area contributed by atoms with Gasteiger partial charge in [0.1, 0.15) is 11.6 Å². The number of nitrogens with zero attached hydrogens (tertiary/aromatic N) is 1.